The minimum Gasteiger partial charge on any atom is -0.496 e. The second kappa shape index (κ2) is 8.19. The van der Waals surface area contributed by atoms with E-state index in [9.17, 15) is 4.79 Å². The molecule has 0 aliphatic rings. The maximum atomic E-state index is 12.8. The van der Waals surface area contributed by atoms with Crippen molar-refractivity contribution < 1.29 is 18.5 Å². The Morgan fingerprint density at radius 3 is 2.70 bits per heavy atom. The number of Topliss-reactive ketones (excluding diaryl/α,β-unsaturated/α-hetero) is 1. The number of aromatic nitrogens is 4. The number of hydrogen-bond donors (Lipinski definition) is 0. The van der Waals surface area contributed by atoms with E-state index in [-0.39, 0.29) is 11.5 Å². The van der Waals surface area contributed by atoms with Crippen molar-refractivity contribution in [3.8, 4) is 23.0 Å². The molecule has 0 aliphatic heterocycles. The minimum absolute atomic E-state index is 0.0309. The van der Waals surface area contributed by atoms with E-state index in [1.54, 1.807) is 7.11 Å². The van der Waals surface area contributed by atoms with Crippen LogP contribution in [0, 0.1) is 20.8 Å². The Hall–Kier alpha value is -3.33. The first-order valence-electron chi connectivity index (χ1n) is 9.23. The summed E-state index contributed by atoms with van der Waals surface area (Å²) in [5.74, 6) is 2.51. The van der Waals surface area contributed by atoms with Gasteiger partial charge in [-0.1, -0.05) is 29.1 Å². The predicted octanol–water partition coefficient (Wildman–Crippen LogP) is 4.42. The van der Waals surface area contributed by atoms with Crippen molar-refractivity contribution in [2.75, 3.05) is 12.9 Å². The van der Waals surface area contributed by atoms with Crippen LogP contribution in [0.15, 0.2) is 50.6 Å². The average molecular weight is 424 g/mol. The summed E-state index contributed by atoms with van der Waals surface area (Å²) in [6, 6.07) is 11.1. The SMILES string of the molecule is COc1ccccc1-c1nnc(SCC(=O)c2cc(C)n(-c3cc(C)on3)c2C)o1. The zero-order valence-electron chi connectivity index (χ0n) is 17.0. The second-order valence-corrected chi connectivity index (χ2v) is 7.63. The number of hydrogen-bond acceptors (Lipinski definition) is 8. The fourth-order valence-corrected chi connectivity index (χ4v) is 3.91. The van der Waals surface area contributed by atoms with Crippen LogP contribution in [-0.4, -0.2) is 38.6 Å². The summed E-state index contributed by atoms with van der Waals surface area (Å²) in [5.41, 5.74) is 3.05. The molecule has 4 rings (SSSR count). The van der Waals surface area contributed by atoms with Gasteiger partial charge in [-0.2, -0.15) is 0 Å². The third-order valence-corrected chi connectivity index (χ3v) is 5.47. The molecule has 0 saturated heterocycles. The summed E-state index contributed by atoms with van der Waals surface area (Å²) in [5, 5.41) is 12.5. The van der Waals surface area contributed by atoms with E-state index in [1.807, 2.05) is 61.7 Å². The quantitative estimate of drug-likeness (QED) is 0.318. The van der Waals surface area contributed by atoms with E-state index in [2.05, 4.69) is 15.4 Å². The van der Waals surface area contributed by atoms with Gasteiger partial charge in [-0.15, -0.1) is 10.2 Å². The Labute approximate surface area is 177 Å². The number of rotatable bonds is 7. The molecule has 0 aliphatic carbocycles. The number of aryl methyl sites for hydroxylation is 2. The molecule has 3 aromatic heterocycles. The number of ketones is 1. The molecule has 154 valence electrons. The molecule has 0 fully saturated rings. The molecule has 0 saturated carbocycles. The molecular weight excluding hydrogens is 404 g/mol. The van der Waals surface area contributed by atoms with Crippen molar-refractivity contribution >= 4 is 17.5 Å². The van der Waals surface area contributed by atoms with Crippen LogP contribution >= 0.6 is 11.8 Å². The fourth-order valence-electron chi connectivity index (χ4n) is 3.26. The first-order valence-corrected chi connectivity index (χ1v) is 10.2. The molecule has 0 atom stereocenters. The normalized spacial score (nSPS) is 11.1. The lowest BCUT2D eigenvalue weighted by molar-refractivity contribution is 0.102. The molecule has 8 nitrogen and oxygen atoms in total. The van der Waals surface area contributed by atoms with Crippen LogP contribution in [0.2, 0.25) is 0 Å². The molecular formula is C21H20N4O4S. The number of carbonyl (C=O) groups is 1. The van der Waals surface area contributed by atoms with Gasteiger partial charge < -0.3 is 13.7 Å². The van der Waals surface area contributed by atoms with E-state index < -0.39 is 0 Å². The Bertz CT molecular complexity index is 1210. The lowest BCUT2D eigenvalue weighted by atomic mass is 10.2. The highest BCUT2D eigenvalue weighted by atomic mass is 32.2. The Morgan fingerprint density at radius 1 is 1.17 bits per heavy atom. The van der Waals surface area contributed by atoms with Gasteiger partial charge in [-0.25, -0.2) is 0 Å². The van der Waals surface area contributed by atoms with Gasteiger partial charge in [0.05, 0.1) is 18.4 Å². The van der Waals surface area contributed by atoms with E-state index in [1.165, 1.54) is 11.8 Å². The zero-order chi connectivity index (χ0) is 21.3. The van der Waals surface area contributed by atoms with E-state index in [4.69, 9.17) is 13.7 Å². The van der Waals surface area contributed by atoms with Gasteiger partial charge in [0.15, 0.2) is 11.6 Å². The van der Waals surface area contributed by atoms with Crippen LogP contribution in [0.3, 0.4) is 0 Å². The maximum Gasteiger partial charge on any atom is 0.277 e. The van der Waals surface area contributed by atoms with Crippen molar-refractivity contribution in [3.05, 3.63) is 59.1 Å². The number of nitrogens with zero attached hydrogens (tertiary/aromatic N) is 4. The van der Waals surface area contributed by atoms with Crippen LogP contribution in [0.4, 0.5) is 0 Å². The lowest BCUT2D eigenvalue weighted by Crippen LogP contribution is -2.05. The molecule has 0 radical (unpaired) electrons. The van der Waals surface area contributed by atoms with Gasteiger partial charge in [0.1, 0.15) is 11.5 Å². The number of carbonyl (C=O) groups excluding carboxylic acids is 1. The van der Waals surface area contributed by atoms with Crippen LogP contribution in [0.5, 0.6) is 5.75 Å². The summed E-state index contributed by atoms with van der Waals surface area (Å²) >= 11 is 1.20. The van der Waals surface area contributed by atoms with Crippen LogP contribution in [-0.2, 0) is 0 Å². The summed E-state index contributed by atoms with van der Waals surface area (Å²) in [6.45, 7) is 5.65. The summed E-state index contributed by atoms with van der Waals surface area (Å²) in [7, 11) is 1.58. The number of para-hydroxylation sites is 1. The zero-order valence-corrected chi connectivity index (χ0v) is 17.8. The fraction of sp³-hybridized carbons (Fsp3) is 0.238. The molecule has 0 N–H and O–H groups in total. The standard InChI is InChI=1S/C21H20N4O4S/c1-12-9-16(14(3)25(12)19-10-13(2)29-24-19)17(26)11-30-21-23-22-20(28-21)15-7-5-6-8-18(15)27-4/h5-10H,11H2,1-4H3. The first-order chi connectivity index (χ1) is 14.5. The molecule has 9 heteroatoms. The average Bonchev–Trinajstić information content (AvgIpc) is 3.45. The number of methoxy groups -OCH3 is 1. The number of thioether (sulfide) groups is 1. The van der Waals surface area contributed by atoms with Crippen LogP contribution in [0.25, 0.3) is 17.3 Å². The van der Waals surface area contributed by atoms with Gasteiger partial charge in [-0.05, 0) is 39.0 Å². The summed E-state index contributed by atoms with van der Waals surface area (Å²) in [6.07, 6.45) is 0. The summed E-state index contributed by atoms with van der Waals surface area (Å²) < 4.78 is 18.1. The van der Waals surface area contributed by atoms with Gasteiger partial charge in [0.2, 0.25) is 0 Å². The van der Waals surface area contributed by atoms with E-state index in [0.717, 1.165) is 11.4 Å². The Balaban J connectivity index is 1.49. The number of benzene rings is 1. The van der Waals surface area contributed by atoms with Crippen molar-refractivity contribution in [1.82, 2.24) is 19.9 Å². The lowest BCUT2D eigenvalue weighted by Gasteiger charge is -2.04. The highest BCUT2D eigenvalue weighted by molar-refractivity contribution is 7.99. The molecule has 30 heavy (non-hydrogen) atoms. The van der Waals surface area contributed by atoms with Crippen LogP contribution in [0.1, 0.15) is 27.5 Å². The molecule has 0 unspecified atom stereocenters. The van der Waals surface area contributed by atoms with Gasteiger partial charge >= 0.3 is 0 Å². The molecule has 3 heterocycles. The van der Waals surface area contributed by atoms with Gasteiger partial charge in [-0.3, -0.25) is 9.36 Å². The molecule has 0 spiro atoms. The molecule has 4 aromatic rings. The predicted molar refractivity (Wildman–Crippen MR) is 111 cm³/mol. The number of ether oxygens (including phenoxy) is 1. The molecule has 1 aromatic carbocycles. The molecule has 0 amide bonds. The maximum absolute atomic E-state index is 12.8. The van der Waals surface area contributed by atoms with Crippen molar-refractivity contribution in [2.24, 2.45) is 0 Å². The smallest absolute Gasteiger partial charge is 0.277 e. The highest BCUT2D eigenvalue weighted by Crippen LogP contribution is 2.31. The van der Waals surface area contributed by atoms with Crippen molar-refractivity contribution in [2.45, 2.75) is 26.0 Å². The summed E-state index contributed by atoms with van der Waals surface area (Å²) in [4.78, 5) is 12.8. The highest BCUT2D eigenvalue weighted by Gasteiger charge is 2.20. The monoisotopic (exact) mass is 424 g/mol. The Kier molecular flexibility index (Phi) is 5.45. The van der Waals surface area contributed by atoms with Crippen molar-refractivity contribution in [3.63, 3.8) is 0 Å². The third-order valence-electron chi connectivity index (χ3n) is 4.65. The first kappa shape index (κ1) is 20.0. The third kappa shape index (κ3) is 3.76. The molecule has 0 bridgehead atoms. The largest absolute Gasteiger partial charge is 0.496 e. The topological polar surface area (TPSA) is 96.2 Å². The minimum atomic E-state index is -0.0309. The van der Waals surface area contributed by atoms with Gasteiger partial charge in [0.25, 0.3) is 11.1 Å². The van der Waals surface area contributed by atoms with Gasteiger partial charge in [0, 0.05) is 23.0 Å². The van der Waals surface area contributed by atoms with Crippen LogP contribution < -0.4 is 4.74 Å². The Morgan fingerprint density at radius 2 is 1.97 bits per heavy atom. The second-order valence-electron chi connectivity index (χ2n) is 6.70. The van der Waals surface area contributed by atoms with E-state index >= 15 is 0 Å². The van der Waals surface area contributed by atoms with E-state index in [0.29, 0.717) is 39.6 Å². The van der Waals surface area contributed by atoms with Crippen molar-refractivity contribution in [1.29, 1.82) is 0 Å².